The minimum atomic E-state index is 0.478. The number of methoxy groups -OCH3 is 1. The van der Waals surface area contributed by atoms with Crippen molar-refractivity contribution in [3.05, 3.63) is 71.7 Å². The molecule has 118 valence electrons. The Bertz CT molecular complexity index is 915. The lowest BCUT2D eigenvalue weighted by Crippen LogP contribution is -1.99. The topological polar surface area (TPSA) is 84.8 Å². The van der Waals surface area contributed by atoms with Crippen LogP contribution >= 0.6 is 0 Å². The van der Waals surface area contributed by atoms with Gasteiger partial charge in [-0.3, -0.25) is 0 Å². The van der Waals surface area contributed by atoms with Gasteiger partial charge >= 0.3 is 0 Å². The van der Waals surface area contributed by atoms with Gasteiger partial charge in [0.05, 0.1) is 18.4 Å². The highest BCUT2D eigenvalue weighted by atomic mass is 16.5. The summed E-state index contributed by atoms with van der Waals surface area (Å²) in [7, 11) is 1.55. The minimum Gasteiger partial charge on any atom is -0.495 e. The Morgan fingerprint density at radius 2 is 2.04 bits per heavy atom. The number of hydrogen-bond donors (Lipinski definition) is 1. The molecule has 0 saturated heterocycles. The first kappa shape index (κ1) is 15.5. The molecule has 2 N–H and O–H groups in total. The second-order valence-corrected chi connectivity index (χ2v) is 5.31. The van der Waals surface area contributed by atoms with E-state index in [1.54, 1.807) is 25.4 Å². The Morgan fingerprint density at radius 1 is 1.17 bits per heavy atom. The van der Waals surface area contributed by atoms with Crippen molar-refractivity contribution in [3.63, 3.8) is 0 Å². The molecule has 2 aromatic carbocycles. The molecule has 0 aliphatic heterocycles. The van der Waals surface area contributed by atoms with Crippen molar-refractivity contribution < 1.29 is 4.74 Å². The molecule has 0 aliphatic carbocycles. The molecule has 3 rings (SSSR count). The fourth-order valence-electron chi connectivity index (χ4n) is 2.49. The largest absolute Gasteiger partial charge is 0.495 e. The van der Waals surface area contributed by atoms with Crippen LogP contribution in [-0.2, 0) is 6.42 Å². The summed E-state index contributed by atoms with van der Waals surface area (Å²) in [5.74, 6) is 1.25. The van der Waals surface area contributed by atoms with Gasteiger partial charge in [0.2, 0.25) is 0 Å². The summed E-state index contributed by atoms with van der Waals surface area (Å²) in [6.07, 6.45) is 2.32. The zero-order valence-corrected chi connectivity index (χ0v) is 13.2. The van der Waals surface area contributed by atoms with Crippen LogP contribution in [0.3, 0.4) is 0 Å². The van der Waals surface area contributed by atoms with Crippen LogP contribution < -0.4 is 10.5 Å². The molecular weight excluding hydrogens is 300 g/mol. The summed E-state index contributed by atoms with van der Waals surface area (Å²) in [6.45, 7) is 0. The van der Waals surface area contributed by atoms with Gasteiger partial charge in [0.15, 0.2) is 0 Å². The molecule has 5 heteroatoms. The Kier molecular flexibility index (Phi) is 4.39. The smallest absolute Gasteiger partial charge is 0.136 e. The maximum Gasteiger partial charge on any atom is 0.136 e. The fourth-order valence-corrected chi connectivity index (χ4v) is 2.49. The van der Waals surface area contributed by atoms with E-state index < -0.39 is 0 Å². The molecule has 1 aromatic heterocycles. The van der Waals surface area contributed by atoms with Crippen molar-refractivity contribution in [2.75, 3.05) is 12.8 Å². The number of nitriles is 1. The van der Waals surface area contributed by atoms with Crippen LogP contribution in [0.5, 0.6) is 5.75 Å². The summed E-state index contributed by atoms with van der Waals surface area (Å²) in [5, 5.41) is 9.22. The van der Waals surface area contributed by atoms with E-state index in [1.807, 2.05) is 36.4 Å². The van der Waals surface area contributed by atoms with Crippen LogP contribution in [0.2, 0.25) is 0 Å². The maximum absolute atomic E-state index is 9.22. The number of nitrogen functional groups attached to an aromatic ring is 1. The first-order valence-corrected chi connectivity index (χ1v) is 7.44. The van der Waals surface area contributed by atoms with Crippen LogP contribution in [0.15, 0.2) is 54.7 Å². The van der Waals surface area contributed by atoms with E-state index in [9.17, 15) is 5.26 Å². The average Bonchev–Trinajstić information content (AvgIpc) is 2.61. The Labute approximate surface area is 140 Å². The van der Waals surface area contributed by atoms with Gasteiger partial charge in [-0.2, -0.15) is 5.26 Å². The molecular formula is C19H16N4O. The second-order valence-electron chi connectivity index (χ2n) is 5.31. The van der Waals surface area contributed by atoms with Gasteiger partial charge in [-0.25, -0.2) is 9.97 Å². The average molecular weight is 316 g/mol. The van der Waals surface area contributed by atoms with Crippen molar-refractivity contribution in [3.8, 4) is 23.1 Å². The first-order chi connectivity index (χ1) is 11.7. The number of nitrogens with zero attached hydrogens (tertiary/aromatic N) is 3. The highest BCUT2D eigenvalue weighted by molar-refractivity contribution is 5.64. The summed E-state index contributed by atoms with van der Waals surface area (Å²) in [5.41, 5.74) is 9.68. The van der Waals surface area contributed by atoms with Gasteiger partial charge in [0.25, 0.3) is 0 Å². The van der Waals surface area contributed by atoms with E-state index >= 15 is 0 Å². The third kappa shape index (κ3) is 3.33. The highest BCUT2D eigenvalue weighted by Gasteiger charge is 2.08. The lowest BCUT2D eigenvalue weighted by molar-refractivity contribution is 0.413. The molecule has 0 unspecified atom stereocenters. The summed E-state index contributed by atoms with van der Waals surface area (Å²) in [4.78, 5) is 8.92. The number of hydrogen-bond acceptors (Lipinski definition) is 5. The molecule has 5 nitrogen and oxygen atoms in total. The van der Waals surface area contributed by atoms with E-state index in [0.717, 1.165) is 22.5 Å². The van der Waals surface area contributed by atoms with Gasteiger partial charge in [0, 0.05) is 23.9 Å². The van der Waals surface area contributed by atoms with E-state index in [-0.39, 0.29) is 0 Å². The number of benzene rings is 2. The zero-order chi connectivity index (χ0) is 16.9. The Balaban J connectivity index is 1.92. The molecule has 0 radical (unpaired) electrons. The molecule has 24 heavy (non-hydrogen) atoms. The summed E-state index contributed by atoms with van der Waals surface area (Å²) in [6, 6.07) is 17.1. The number of anilines is 1. The van der Waals surface area contributed by atoms with Crippen molar-refractivity contribution in [2.45, 2.75) is 6.42 Å². The molecule has 0 spiro atoms. The highest BCUT2D eigenvalue weighted by Crippen LogP contribution is 2.25. The normalized spacial score (nSPS) is 10.2. The van der Waals surface area contributed by atoms with Crippen molar-refractivity contribution in [1.82, 2.24) is 9.97 Å². The van der Waals surface area contributed by atoms with Crippen LogP contribution in [0.1, 0.15) is 17.0 Å². The fraction of sp³-hybridized carbons (Fsp3) is 0.105. The van der Waals surface area contributed by atoms with Crippen molar-refractivity contribution in [2.24, 2.45) is 0 Å². The standard InChI is InChI=1S/C19H16N4O/c1-24-18-6-5-14(11-15(18)12-20)17-7-8-22-19(23-17)10-13-3-2-4-16(21)9-13/h2-9,11H,10,21H2,1H3. The minimum absolute atomic E-state index is 0.478. The summed E-state index contributed by atoms with van der Waals surface area (Å²) < 4.78 is 5.17. The first-order valence-electron chi connectivity index (χ1n) is 7.44. The molecule has 0 bridgehead atoms. The maximum atomic E-state index is 9.22. The molecule has 3 aromatic rings. The van der Waals surface area contributed by atoms with Gasteiger partial charge < -0.3 is 10.5 Å². The van der Waals surface area contributed by atoms with Crippen LogP contribution in [0.4, 0.5) is 5.69 Å². The third-order valence-electron chi connectivity index (χ3n) is 3.63. The Morgan fingerprint density at radius 3 is 2.79 bits per heavy atom. The second kappa shape index (κ2) is 6.80. The molecule has 0 fully saturated rings. The third-order valence-corrected chi connectivity index (χ3v) is 3.63. The van der Waals surface area contributed by atoms with Crippen LogP contribution in [0.25, 0.3) is 11.3 Å². The molecule has 0 saturated carbocycles. The number of ether oxygens (including phenoxy) is 1. The number of nitrogens with two attached hydrogens (primary N) is 1. The van der Waals surface area contributed by atoms with Gasteiger partial charge in [0.1, 0.15) is 17.6 Å². The van der Waals surface area contributed by atoms with E-state index in [1.165, 1.54) is 0 Å². The molecule has 0 atom stereocenters. The quantitative estimate of drug-likeness (QED) is 0.747. The zero-order valence-electron chi connectivity index (χ0n) is 13.2. The Hall–Kier alpha value is -3.39. The van der Waals surface area contributed by atoms with E-state index in [4.69, 9.17) is 10.5 Å². The van der Waals surface area contributed by atoms with Gasteiger partial charge in [-0.05, 0) is 42.0 Å². The molecule has 0 aliphatic rings. The predicted octanol–water partition coefficient (Wildman–Crippen LogP) is 3.20. The SMILES string of the molecule is COc1ccc(-c2ccnc(Cc3cccc(N)c3)n2)cc1C#N. The predicted molar refractivity (Wildman–Crippen MR) is 92.4 cm³/mol. The van der Waals surface area contributed by atoms with Gasteiger partial charge in [-0.1, -0.05) is 12.1 Å². The lowest BCUT2D eigenvalue weighted by Gasteiger charge is -2.07. The molecule has 0 amide bonds. The van der Waals surface area contributed by atoms with Crippen molar-refractivity contribution in [1.29, 1.82) is 5.26 Å². The van der Waals surface area contributed by atoms with E-state index in [0.29, 0.717) is 23.6 Å². The van der Waals surface area contributed by atoms with Crippen molar-refractivity contribution >= 4 is 5.69 Å². The number of rotatable bonds is 4. The van der Waals surface area contributed by atoms with E-state index in [2.05, 4.69) is 16.0 Å². The molecule has 1 heterocycles. The van der Waals surface area contributed by atoms with Crippen LogP contribution in [0, 0.1) is 11.3 Å². The monoisotopic (exact) mass is 316 g/mol. The number of aromatic nitrogens is 2. The summed E-state index contributed by atoms with van der Waals surface area (Å²) >= 11 is 0. The van der Waals surface area contributed by atoms with Crippen LogP contribution in [-0.4, -0.2) is 17.1 Å². The lowest BCUT2D eigenvalue weighted by atomic mass is 10.1. The van der Waals surface area contributed by atoms with Gasteiger partial charge in [-0.15, -0.1) is 0 Å².